The molecule has 6 heteroatoms. The van der Waals surface area contributed by atoms with Crippen molar-refractivity contribution >= 4 is 16.9 Å². The second kappa shape index (κ2) is 6.61. The summed E-state index contributed by atoms with van der Waals surface area (Å²) >= 11 is 0. The highest BCUT2D eigenvalue weighted by Crippen LogP contribution is 2.29. The number of benzene rings is 1. The normalized spacial score (nSPS) is 17.1. The van der Waals surface area contributed by atoms with E-state index in [9.17, 15) is 4.79 Å². The molecule has 4 rings (SSSR count). The Balaban J connectivity index is 1.62. The molecule has 1 amide bonds. The number of amides is 1. The number of carbonyl (C=O) groups is 1. The Kier molecular flexibility index (Phi) is 4.28. The molecule has 0 bridgehead atoms. The van der Waals surface area contributed by atoms with Crippen molar-refractivity contribution in [3.63, 3.8) is 0 Å². The van der Waals surface area contributed by atoms with E-state index in [-0.39, 0.29) is 11.9 Å². The zero-order valence-corrected chi connectivity index (χ0v) is 15.5. The average molecular weight is 352 g/mol. The van der Waals surface area contributed by atoms with E-state index in [1.807, 2.05) is 48.4 Å². The predicted molar refractivity (Wildman–Crippen MR) is 100 cm³/mol. The molecule has 0 spiro atoms. The van der Waals surface area contributed by atoms with Crippen molar-refractivity contribution in [3.8, 4) is 0 Å². The van der Waals surface area contributed by atoms with E-state index in [1.165, 1.54) is 0 Å². The molecule has 1 aliphatic heterocycles. The summed E-state index contributed by atoms with van der Waals surface area (Å²) in [6.45, 7) is 4.12. The lowest BCUT2D eigenvalue weighted by atomic mass is 10.1. The highest BCUT2D eigenvalue weighted by Gasteiger charge is 2.31. The monoisotopic (exact) mass is 352 g/mol. The highest BCUT2D eigenvalue weighted by molar-refractivity contribution is 5.98. The number of aryl methyl sites for hydroxylation is 1. The number of hydrogen-bond donors (Lipinski definition) is 0. The summed E-state index contributed by atoms with van der Waals surface area (Å²) in [5.41, 5.74) is 2.75. The summed E-state index contributed by atoms with van der Waals surface area (Å²) in [5.74, 6) is 0.409. The number of furan rings is 1. The molecule has 0 unspecified atom stereocenters. The van der Waals surface area contributed by atoms with Gasteiger partial charge in [0.1, 0.15) is 5.58 Å². The van der Waals surface area contributed by atoms with Crippen molar-refractivity contribution in [2.24, 2.45) is 0 Å². The molecule has 136 valence electrons. The largest absolute Gasteiger partial charge is 0.451 e. The number of rotatable bonds is 4. The molecule has 1 atom stereocenters. The summed E-state index contributed by atoms with van der Waals surface area (Å²) in [7, 11) is 4.13. The van der Waals surface area contributed by atoms with Crippen LogP contribution in [0.5, 0.6) is 0 Å². The van der Waals surface area contributed by atoms with Crippen molar-refractivity contribution < 1.29 is 9.21 Å². The molecule has 6 nitrogen and oxygen atoms in total. The Morgan fingerprint density at radius 2 is 2.12 bits per heavy atom. The Labute approximate surface area is 153 Å². The van der Waals surface area contributed by atoms with Crippen LogP contribution >= 0.6 is 0 Å². The minimum atomic E-state index is -0.0407. The first-order chi connectivity index (χ1) is 12.5. The molecule has 0 saturated heterocycles. The fourth-order valence-electron chi connectivity index (χ4n) is 3.68. The maximum absolute atomic E-state index is 13.2. The summed E-state index contributed by atoms with van der Waals surface area (Å²) in [6, 6.07) is 9.98. The molecule has 3 aromatic rings. The van der Waals surface area contributed by atoms with E-state index >= 15 is 0 Å². The zero-order chi connectivity index (χ0) is 18.3. The molecule has 0 radical (unpaired) electrons. The Bertz CT molecular complexity index is 940. The van der Waals surface area contributed by atoms with Gasteiger partial charge in [-0.2, -0.15) is 5.10 Å². The van der Waals surface area contributed by atoms with Crippen molar-refractivity contribution in [3.05, 3.63) is 53.5 Å². The van der Waals surface area contributed by atoms with E-state index in [1.54, 1.807) is 0 Å². The maximum Gasteiger partial charge on any atom is 0.290 e. The second-order valence-corrected chi connectivity index (χ2v) is 7.25. The Morgan fingerprint density at radius 1 is 1.31 bits per heavy atom. The number of para-hydroxylation sites is 1. The summed E-state index contributed by atoms with van der Waals surface area (Å²) in [5, 5.41) is 5.47. The third-order valence-electron chi connectivity index (χ3n) is 5.12. The van der Waals surface area contributed by atoms with Gasteiger partial charge in [0.2, 0.25) is 0 Å². The van der Waals surface area contributed by atoms with Crippen LogP contribution in [-0.2, 0) is 6.54 Å². The van der Waals surface area contributed by atoms with Crippen LogP contribution in [0.1, 0.15) is 34.3 Å². The number of nitrogens with zero attached hydrogens (tertiary/aromatic N) is 4. The van der Waals surface area contributed by atoms with E-state index in [2.05, 4.69) is 28.8 Å². The molecular formula is C20H24N4O2. The Morgan fingerprint density at radius 3 is 2.88 bits per heavy atom. The van der Waals surface area contributed by atoms with Crippen LogP contribution in [0.3, 0.4) is 0 Å². The summed E-state index contributed by atoms with van der Waals surface area (Å²) in [4.78, 5) is 17.2. The van der Waals surface area contributed by atoms with E-state index in [4.69, 9.17) is 4.42 Å². The standard InChI is InChI=1S/C20H24N4O2/c1-14-17-6-4-5-7-18(17)26-19(14)20(25)23-12-15-8-10-21-24(15)16(13-23)9-11-22(2)3/h4-8,10,16H,9,11-13H2,1-3H3/t16-/m1/s1. The molecule has 0 fully saturated rings. The van der Waals surface area contributed by atoms with Gasteiger partial charge in [-0.15, -0.1) is 0 Å². The first kappa shape index (κ1) is 16.8. The Hall–Kier alpha value is -2.60. The molecule has 0 saturated carbocycles. The SMILES string of the molecule is Cc1c(C(=O)N2Cc3ccnn3[C@H](CCN(C)C)C2)oc2ccccc12. The van der Waals surface area contributed by atoms with Gasteiger partial charge in [0.25, 0.3) is 5.91 Å². The fraction of sp³-hybridized carbons (Fsp3) is 0.400. The van der Waals surface area contributed by atoms with Crippen LogP contribution in [0.25, 0.3) is 11.0 Å². The van der Waals surface area contributed by atoms with Gasteiger partial charge in [0.05, 0.1) is 18.3 Å². The lowest BCUT2D eigenvalue weighted by Crippen LogP contribution is -2.42. The van der Waals surface area contributed by atoms with Crippen LogP contribution in [0.15, 0.2) is 40.9 Å². The maximum atomic E-state index is 13.2. The quantitative estimate of drug-likeness (QED) is 0.724. The third-order valence-corrected chi connectivity index (χ3v) is 5.12. The molecular weight excluding hydrogens is 328 g/mol. The number of fused-ring (bicyclic) bond motifs is 2. The van der Waals surface area contributed by atoms with Crippen LogP contribution in [0.4, 0.5) is 0 Å². The second-order valence-electron chi connectivity index (χ2n) is 7.25. The first-order valence-electron chi connectivity index (χ1n) is 8.99. The predicted octanol–water partition coefficient (Wildman–Crippen LogP) is 3.09. The smallest absolute Gasteiger partial charge is 0.290 e. The van der Waals surface area contributed by atoms with Gasteiger partial charge in [-0.25, -0.2) is 0 Å². The van der Waals surface area contributed by atoms with Crippen LogP contribution < -0.4 is 0 Å². The molecule has 1 aromatic carbocycles. The summed E-state index contributed by atoms with van der Waals surface area (Å²) in [6.07, 6.45) is 2.77. The number of hydrogen-bond acceptors (Lipinski definition) is 4. The van der Waals surface area contributed by atoms with Crippen molar-refractivity contribution in [1.82, 2.24) is 19.6 Å². The van der Waals surface area contributed by atoms with Crippen LogP contribution in [0, 0.1) is 6.92 Å². The minimum Gasteiger partial charge on any atom is -0.451 e. The van der Waals surface area contributed by atoms with Gasteiger partial charge in [0, 0.05) is 23.7 Å². The van der Waals surface area contributed by atoms with Crippen LogP contribution in [0.2, 0.25) is 0 Å². The average Bonchev–Trinajstić information content (AvgIpc) is 3.24. The van der Waals surface area contributed by atoms with Crippen molar-refractivity contribution in [2.45, 2.75) is 25.9 Å². The van der Waals surface area contributed by atoms with Gasteiger partial charge in [0.15, 0.2) is 5.76 Å². The molecule has 0 N–H and O–H groups in total. The van der Waals surface area contributed by atoms with E-state index in [0.29, 0.717) is 18.8 Å². The highest BCUT2D eigenvalue weighted by atomic mass is 16.3. The van der Waals surface area contributed by atoms with E-state index in [0.717, 1.165) is 35.2 Å². The molecule has 3 heterocycles. The van der Waals surface area contributed by atoms with Gasteiger partial charge in [-0.05, 0) is 46.1 Å². The molecule has 2 aromatic heterocycles. The number of carbonyl (C=O) groups excluding carboxylic acids is 1. The lowest BCUT2D eigenvalue weighted by Gasteiger charge is -2.34. The molecule has 1 aliphatic rings. The van der Waals surface area contributed by atoms with Gasteiger partial charge in [-0.3, -0.25) is 9.48 Å². The van der Waals surface area contributed by atoms with Gasteiger partial charge < -0.3 is 14.2 Å². The van der Waals surface area contributed by atoms with Gasteiger partial charge in [-0.1, -0.05) is 18.2 Å². The fourth-order valence-corrected chi connectivity index (χ4v) is 3.68. The minimum absolute atomic E-state index is 0.0407. The number of aromatic nitrogens is 2. The van der Waals surface area contributed by atoms with Crippen molar-refractivity contribution in [2.75, 3.05) is 27.2 Å². The third kappa shape index (κ3) is 2.90. The van der Waals surface area contributed by atoms with Crippen LogP contribution in [-0.4, -0.2) is 52.7 Å². The topological polar surface area (TPSA) is 54.5 Å². The summed E-state index contributed by atoms with van der Waals surface area (Å²) < 4.78 is 7.96. The first-order valence-corrected chi connectivity index (χ1v) is 8.99. The lowest BCUT2D eigenvalue weighted by molar-refractivity contribution is 0.0629. The zero-order valence-electron chi connectivity index (χ0n) is 15.5. The van der Waals surface area contributed by atoms with E-state index < -0.39 is 0 Å². The van der Waals surface area contributed by atoms with Gasteiger partial charge >= 0.3 is 0 Å². The van der Waals surface area contributed by atoms with Crippen molar-refractivity contribution in [1.29, 1.82) is 0 Å². The molecule has 0 aliphatic carbocycles. The molecule has 26 heavy (non-hydrogen) atoms.